The first kappa shape index (κ1) is 15.0. The molecule has 0 radical (unpaired) electrons. The summed E-state index contributed by atoms with van der Waals surface area (Å²) in [4.78, 5) is 2.43. The van der Waals surface area contributed by atoms with E-state index in [9.17, 15) is 4.39 Å². The van der Waals surface area contributed by atoms with Gasteiger partial charge in [-0.3, -0.25) is 0 Å². The van der Waals surface area contributed by atoms with E-state index >= 15 is 0 Å². The van der Waals surface area contributed by atoms with Gasteiger partial charge in [-0.25, -0.2) is 4.39 Å². The van der Waals surface area contributed by atoms with Gasteiger partial charge < -0.3 is 14.2 Å². The lowest BCUT2D eigenvalue weighted by atomic mass is 10.1. The van der Waals surface area contributed by atoms with Crippen molar-refractivity contribution in [3.05, 3.63) is 60.0 Å². The molecule has 2 fully saturated rings. The Labute approximate surface area is 146 Å². The van der Waals surface area contributed by atoms with Gasteiger partial charge in [0, 0.05) is 36.0 Å². The number of aromatic nitrogens is 1. The SMILES string of the molecule is Cc1ccc(F)c2ccn(-c3cccc(N4CC5CCC(C4)O5)c3)c12. The van der Waals surface area contributed by atoms with Crippen LogP contribution >= 0.6 is 0 Å². The number of halogens is 1. The van der Waals surface area contributed by atoms with E-state index in [2.05, 4.69) is 33.7 Å². The highest BCUT2D eigenvalue weighted by Crippen LogP contribution is 2.32. The minimum Gasteiger partial charge on any atom is -0.371 e. The van der Waals surface area contributed by atoms with Crippen LogP contribution in [-0.4, -0.2) is 29.9 Å². The number of aryl methyl sites for hydroxylation is 1. The quantitative estimate of drug-likeness (QED) is 0.688. The fourth-order valence-electron chi connectivity index (χ4n) is 4.27. The summed E-state index contributed by atoms with van der Waals surface area (Å²) >= 11 is 0. The third-order valence-electron chi connectivity index (χ3n) is 5.51. The average Bonchev–Trinajstić information content (AvgIpc) is 3.22. The molecule has 3 nitrogen and oxygen atoms in total. The molecule has 0 saturated carbocycles. The molecular weight excluding hydrogens is 315 g/mol. The van der Waals surface area contributed by atoms with Crippen molar-refractivity contribution in [3.63, 3.8) is 0 Å². The Morgan fingerprint density at radius 3 is 2.56 bits per heavy atom. The van der Waals surface area contributed by atoms with Gasteiger partial charge in [0.15, 0.2) is 0 Å². The Kier molecular flexibility index (Phi) is 3.35. The second-order valence-electron chi connectivity index (χ2n) is 7.19. The normalized spacial score (nSPS) is 22.7. The van der Waals surface area contributed by atoms with E-state index < -0.39 is 0 Å². The summed E-state index contributed by atoms with van der Waals surface area (Å²) in [5.41, 5.74) is 4.31. The number of hydrogen-bond acceptors (Lipinski definition) is 2. The Bertz CT molecular complexity index is 936. The molecule has 0 amide bonds. The van der Waals surface area contributed by atoms with Crippen LogP contribution in [0.2, 0.25) is 0 Å². The number of fused-ring (bicyclic) bond motifs is 3. The number of nitrogens with zero attached hydrogens (tertiary/aromatic N) is 2. The highest BCUT2D eigenvalue weighted by atomic mass is 19.1. The van der Waals surface area contributed by atoms with Gasteiger partial charge in [0.1, 0.15) is 5.82 Å². The molecule has 5 rings (SSSR count). The zero-order valence-electron chi connectivity index (χ0n) is 14.3. The molecule has 0 spiro atoms. The molecular formula is C21H21FN2O. The summed E-state index contributed by atoms with van der Waals surface area (Å²) < 4.78 is 22.2. The minimum atomic E-state index is -0.166. The topological polar surface area (TPSA) is 17.4 Å². The van der Waals surface area contributed by atoms with Crippen molar-refractivity contribution in [1.82, 2.24) is 4.57 Å². The van der Waals surface area contributed by atoms with Crippen molar-refractivity contribution in [2.24, 2.45) is 0 Å². The first-order valence-electron chi connectivity index (χ1n) is 8.96. The second-order valence-corrected chi connectivity index (χ2v) is 7.19. The Morgan fingerprint density at radius 2 is 1.76 bits per heavy atom. The van der Waals surface area contributed by atoms with Crippen LogP contribution in [0.15, 0.2) is 48.7 Å². The minimum absolute atomic E-state index is 0.166. The summed E-state index contributed by atoms with van der Waals surface area (Å²) in [6, 6.07) is 13.8. The highest BCUT2D eigenvalue weighted by Gasteiger charge is 2.33. The number of hydrogen-bond donors (Lipinski definition) is 0. The van der Waals surface area contributed by atoms with Crippen LogP contribution in [0.4, 0.5) is 10.1 Å². The molecule has 2 bridgehead atoms. The summed E-state index contributed by atoms with van der Waals surface area (Å²) in [7, 11) is 0. The van der Waals surface area contributed by atoms with E-state index in [1.165, 1.54) is 18.5 Å². The van der Waals surface area contributed by atoms with Gasteiger partial charge in [-0.15, -0.1) is 0 Å². The lowest BCUT2D eigenvalue weighted by molar-refractivity contribution is 0.0305. The lowest BCUT2D eigenvalue weighted by Crippen LogP contribution is -2.42. The lowest BCUT2D eigenvalue weighted by Gasteiger charge is -2.34. The Morgan fingerprint density at radius 1 is 1.00 bits per heavy atom. The molecule has 1 aromatic heterocycles. The van der Waals surface area contributed by atoms with Crippen molar-refractivity contribution in [3.8, 4) is 5.69 Å². The first-order valence-corrected chi connectivity index (χ1v) is 8.96. The van der Waals surface area contributed by atoms with Crippen molar-refractivity contribution < 1.29 is 9.13 Å². The summed E-state index contributed by atoms with van der Waals surface area (Å²) in [6.45, 7) is 3.95. The van der Waals surface area contributed by atoms with Gasteiger partial charge in [0.2, 0.25) is 0 Å². The smallest absolute Gasteiger partial charge is 0.132 e. The van der Waals surface area contributed by atoms with Crippen molar-refractivity contribution >= 4 is 16.6 Å². The van der Waals surface area contributed by atoms with Gasteiger partial charge in [0.25, 0.3) is 0 Å². The van der Waals surface area contributed by atoms with Crippen LogP contribution in [0.1, 0.15) is 18.4 Å². The van der Waals surface area contributed by atoms with E-state index in [0.717, 1.165) is 29.9 Å². The van der Waals surface area contributed by atoms with Crippen molar-refractivity contribution in [2.75, 3.05) is 18.0 Å². The fraction of sp³-hybridized carbons (Fsp3) is 0.333. The number of morpholine rings is 1. The number of rotatable bonds is 2. The zero-order chi connectivity index (χ0) is 17.0. The molecule has 4 heteroatoms. The Balaban J connectivity index is 1.57. The molecule has 2 aromatic carbocycles. The predicted octanol–water partition coefficient (Wildman–Crippen LogP) is 4.45. The fourth-order valence-corrected chi connectivity index (χ4v) is 4.27. The molecule has 2 aliphatic rings. The van der Waals surface area contributed by atoms with Crippen LogP contribution in [0.3, 0.4) is 0 Å². The second kappa shape index (κ2) is 5.60. The summed E-state index contributed by atoms with van der Waals surface area (Å²) in [5, 5.41) is 0.676. The van der Waals surface area contributed by atoms with E-state index in [1.54, 1.807) is 6.07 Å². The highest BCUT2D eigenvalue weighted by molar-refractivity contribution is 5.85. The molecule has 3 heterocycles. The predicted molar refractivity (Wildman–Crippen MR) is 98.1 cm³/mol. The number of benzene rings is 2. The third kappa shape index (κ3) is 2.44. The monoisotopic (exact) mass is 336 g/mol. The van der Waals surface area contributed by atoms with Gasteiger partial charge in [-0.2, -0.15) is 0 Å². The van der Waals surface area contributed by atoms with E-state index in [-0.39, 0.29) is 5.82 Å². The van der Waals surface area contributed by atoms with Gasteiger partial charge in [0.05, 0.1) is 17.7 Å². The Hall–Kier alpha value is -2.33. The van der Waals surface area contributed by atoms with Crippen LogP contribution < -0.4 is 4.90 Å². The molecule has 2 atom stereocenters. The molecule has 2 saturated heterocycles. The third-order valence-corrected chi connectivity index (χ3v) is 5.51. The van der Waals surface area contributed by atoms with Gasteiger partial charge in [-0.1, -0.05) is 12.1 Å². The molecule has 0 N–H and O–H groups in total. The molecule has 25 heavy (non-hydrogen) atoms. The molecule has 128 valence electrons. The molecule has 2 unspecified atom stereocenters. The molecule has 2 aliphatic heterocycles. The van der Waals surface area contributed by atoms with Crippen molar-refractivity contribution in [1.29, 1.82) is 0 Å². The van der Waals surface area contributed by atoms with Crippen LogP contribution in [-0.2, 0) is 4.74 Å². The van der Waals surface area contributed by atoms with E-state index in [1.807, 2.05) is 25.3 Å². The standard InChI is InChI=1S/C21H21FN2O/c1-14-5-8-20(22)19-9-10-24(21(14)19)16-4-2-3-15(11-16)23-12-17-6-7-18(13-23)25-17/h2-5,8-11,17-18H,6-7,12-13H2,1H3. The maximum Gasteiger partial charge on any atom is 0.132 e. The maximum atomic E-state index is 14.1. The van der Waals surface area contributed by atoms with Crippen LogP contribution in [0.25, 0.3) is 16.6 Å². The van der Waals surface area contributed by atoms with Crippen molar-refractivity contribution in [2.45, 2.75) is 32.0 Å². The molecule has 0 aliphatic carbocycles. The zero-order valence-corrected chi connectivity index (χ0v) is 14.3. The van der Waals surface area contributed by atoms with E-state index in [0.29, 0.717) is 17.6 Å². The van der Waals surface area contributed by atoms with Crippen LogP contribution in [0.5, 0.6) is 0 Å². The van der Waals surface area contributed by atoms with Crippen LogP contribution in [0, 0.1) is 12.7 Å². The van der Waals surface area contributed by atoms with Gasteiger partial charge >= 0.3 is 0 Å². The van der Waals surface area contributed by atoms with E-state index in [4.69, 9.17) is 4.74 Å². The number of anilines is 1. The largest absolute Gasteiger partial charge is 0.371 e. The average molecular weight is 336 g/mol. The van der Waals surface area contributed by atoms with Gasteiger partial charge in [-0.05, 0) is 55.7 Å². The maximum absolute atomic E-state index is 14.1. The first-order chi connectivity index (χ1) is 12.2. The summed E-state index contributed by atoms with van der Waals surface area (Å²) in [6.07, 6.45) is 5.03. The number of ether oxygens (including phenoxy) is 1. The summed E-state index contributed by atoms with van der Waals surface area (Å²) in [5.74, 6) is -0.166. The molecule has 3 aromatic rings.